The summed E-state index contributed by atoms with van der Waals surface area (Å²) in [5, 5.41) is 6.81. The van der Waals surface area contributed by atoms with Gasteiger partial charge in [0.2, 0.25) is 0 Å². The molecule has 0 aliphatic rings. The monoisotopic (exact) mass is 533 g/mol. The molecule has 1 aromatic heterocycles. The summed E-state index contributed by atoms with van der Waals surface area (Å²) in [6.07, 6.45) is 6.03. The van der Waals surface area contributed by atoms with Gasteiger partial charge in [-0.05, 0) is 45.2 Å². The molecule has 144 valence electrons. The number of aromatic nitrogens is 2. The minimum Gasteiger partial charge on any atom is -0.357 e. The van der Waals surface area contributed by atoms with Crippen LogP contribution in [0.5, 0.6) is 0 Å². The highest BCUT2D eigenvalue weighted by Crippen LogP contribution is 2.22. The number of aliphatic imine (C=N–C) groups is 1. The maximum absolute atomic E-state index is 4.70. The highest BCUT2D eigenvalue weighted by Gasteiger charge is 2.10. The van der Waals surface area contributed by atoms with Gasteiger partial charge in [-0.2, -0.15) is 0 Å². The third kappa shape index (κ3) is 7.26. The smallest absolute Gasteiger partial charge is 0.191 e. The normalized spacial score (nSPS) is 12.4. The Morgan fingerprint density at radius 2 is 2.08 bits per heavy atom. The molecular formula is C19H29BrIN5. The first-order valence-electron chi connectivity index (χ1n) is 8.88. The van der Waals surface area contributed by atoms with E-state index in [1.807, 2.05) is 25.4 Å². The summed E-state index contributed by atoms with van der Waals surface area (Å²) in [5.74, 6) is 1.94. The first-order valence-corrected chi connectivity index (χ1v) is 9.68. The zero-order valence-electron chi connectivity index (χ0n) is 15.7. The van der Waals surface area contributed by atoms with Crippen molar-refractivity contribution < 1.29 is 0 Å². The van der Waals surface area contributed by atoms with E-state index in [2.05, 4.69) is 68.2 Å². The van der Waals surface area contributed by atoms with Gasteiger partial charge >= 0.3 is 0 Å². The van der Waals surface area contributed by atoms with Crippen molar-refractivity contribution in [3.63, 3.8) is 0 Å². The maximum Gasteiger partial charge on any atom is 0.191 e. The first kappa shape index (κ1) is 23.0. The molecule has 0 saturated heterocycles. The largest absolute Gasteiger partial charge is 0.357 e. The number of hydrogen-bond donors (Lipinski definition) is 2. The van der Waals surface area contributed by atoms with Gasteiger partial charge in [0.25, 0.3) is 0 Å². The number of hydrogen-bond acceptors (Lipinski definition) is 2. The van der Waals surface area contributed by atoms with Crippen LogP contribution in [-0.4, -0.2) is 28.6 Å². The van der Waals surface area contributed by atoms with Gasteiger partial charge in [0.1, 0.15) is 5.82 Å². The van der Waals surface area contributed by atoms with E-state index in [4.69, 9.17) is 4.99 Å². The molecule has 1 atom stereocenters. The summed E-state index contributed by atoms with van der Waals surface area (Å²) in [4.78, 5) is 8.95. The molecule has 0 saturated carbocycles. The number of benzene rings is 1. The van der Waals surface area contributed by atoms with Gasteiger partial charge in [0.05, 0.1) is 6.04 Å². The molecule has 7 heteroatoms. The Morgan fingerprint density at radius 3 is 2.73 bits per heavy atom. The van der Waals surface area contributed by atoms with Crippen LogP contribution in [0.25, 0.3) is 0 Å². The van der Waals surface area contributed by atoms with Crippen LogP contribution in [0.4, 0.5) is 0 Å². The second-order valence-corrected chi connectivity index (χ2v) is 6.88. The highest BCUT2D eigenvalue weighted by molar-refractivity contribution is 14.0. The summed E-state index contributed by atoms with van der Waals surface area (Å²) in [6, 6.07) is 8.46. The second kappa shape index (κ2) is 12.3. The Morgan fingerprint density at radius 1 is 1.31 bits per heavy atom. The molecule has 0 spiro atoms. The molecule has 1 unspecified atom stereocenters. The van der Waals surface area contributed by atoms with Crippen LogP contribution in [0, 0.1) is 6.92 Å². The Labute approximate surface area is 182 Å². The van der Waals surface area contributed by atoms with E-state index in [1.54, 1.807) is 0 Å². The number of nitrogens with zero attached hydrogens (tertiary/aromatic N) is 3. The van der Waals surface area contributed by atoms with Gasteiger partial charge in [-0.3, -0.25) is 4.99 Å². The van der Waals surface area contributed by atoms with Crippen molar-refractivity contribution in [2.45, 2.75) is 46.2 Å². The lowest BCUT2D eigenvalue weighted by Gasteiger charge is -2.19. The topological polar surface area (TPSA) is 54.2 Å². The van der Waals surface area contributed by atoms with E-state index in [9.17, 15) is 0 Å². The molecule has 2 aromatic rings. The van der Waals surface area contributed by atoms with Crippen LogP contribution < -0.4 is 10.6 Å². The van der Waals surface area contributed by atoms with E-state index in [1.165, 1.54) is 5.56 Å². The lowest BCUT2D eigenvalue weighted by Crippen LogP contribution is -2.38. The van der Waals surface area contributed by atoms with Gasteiger partial charge in [-0.25, -0.2) is 4.98 Å². The number of rotatable bonds is 8. The molecule has 0 amide bonds. The predicted octanol–water partition coefficient (Wildman–Crippen LogP) is 4.67. The van der Waals surface area contributed by atoms with Crippen molar-refractivity contribution in [1.82, 2.24) is 20.2 Å². The number of halogens is 2. The maximum atomic E-state index is 4.70. The fourth-order valence-corrected chi connectivity index (χ4v) is 3.28. The predicted molar refractivity (Wildman–Crippen MR) is 123 cm³/mol. The van der Waals surface area contributed by atoms with E-state index in [-0.39, 0.29) is 30.0 Å². The van der Waals surface area contributed by atoms with Crippen LogP contribution in [0.15, 0.2) is 46.1 Å². The Balaban J connectivity index is 0.00000338. The molecule has 0 radical (unpaired) electrons. The van der Waals surface area contributed by atoms with E-state index in [0.29, 0.717) is 0 Å². The summed E-state index contributed by atoms with van der Waals surface area (Å²) in [7, 11) is 0. The molecule has 1 heterocycles. The van der Waals surface area contributed by atoms with Crippen molar-refractivity contribution in [3.8, 4) is 0 Å². The van der Waals surface area contributed by atoms with Crippen molar-refractivity contribution >= 4 is 45.9 Å². The minimum absolute atomic E-state index is 0. The zero-order chi connectivity index (χ0) is 18.1. The Hall–Kier alpha value is -1.09. The van der Waals surface area contributed by atoms with Gasteiger partial charge in [-0.1, -0.05) is 34.1 Å². The number of aryl methyl sites for hydroxylation is 2. The van der Waals surface area contributed by atoms with Gasteiger partial charge in [0.15, 0.2) is 5.96 Å². The molecule has 5 nitrogen and oxygen atoms in total. The highest BCUT2D eigenvalue weighted by atomic mass is 127. The van der Waals surface area contributed by atoms with Crippen molar-refractivity contribution in [2.75, 3.05) is 13.1 Å². The summed E-state index contributed by atoms with van der Waals surface area (Å²) < 4.78 is 3.30. The van der Waals surface area contributed by atoms with Crippen LogP contribution >= 0.6 is 39.9 Å². The molecule has 0 aliphatic carbocycles. The fraction of sp³-hybridized carbons (Fsp3) is 0.474. The summed E-state index contributed by atoms with van der Waals surface area (Å²) >= 11 is 3.62. The molecule has 2 N–H and O–H groups in total. The molecule has 1 aromatic carbocycles. The number of guanidine groups is 1. The van der Waals surface area contributed by atoms with Crippen molar-refractivity contribution in [2.24, 2.45) is 4.99 Å². The Kier molecular flexibility index (Phi) is 10.9. The van der Waals surface area contributed by atoms with Crippen molar-refractivity contribution in [1.29, 1.82) is 0 Å². The first-order chi connectivity index (χ1) is 12.1. The quantitative estimate of drug-likeness (QED) is 0.224. The molecule has 2 rings (SSSR count). The Bertz CT molecular complexity index is 686. The SMILES string of the molecule is CCNC(=NCCCCn1ccnc1C)NC(C)c1ccccc1Br.I. The third-order valence-electron chi connectivity index (χ3n) is 4.07. The van der Waals surface area contributed by atoms with Crippen LogP contribution in [-0.2, 0) is 6.54 Å². The minimum atomic E-state index is 0. The van der Waals surface area contributed by atoms with Crippen molar-refractivity contribution in [3.05, 3.63) is 52.5 Å². The molecule has 0 bridgehead atoms. The van der Waals surface area contributed by atoms with E-state index in [0.717, 1.165) is 48.7 Å². The van der Waals surface area contributed by atoms with Crippen LogP contribution in [0.1, 0.15) is 44.1 Å². The van der Waals surface area contributed by atoms with Gasteiger partial charge < -0.3 is 15.2 Å². The fourth-order valence-electron chi connectivity index (χ4n) is 2.65. The van der Waals surface area contributed by atoms with Crippen LogP contribution in [0.2, 0.25) is 0 Å². The summed E-state index contributed by atoms with van der Waals surface area (Å²) in [6.45, 7) is 8.93. The molecule has 0 fully saturated rings. The average Bonchev–Trinajstić information content (AvgIpc) is 3.00. The van der Waals surface area contributed by atoms with E-state index < -0.39 is 0 Å². The van der Waals surface area contributed by atoms with Gasteiger partial charge in [0, 0.05) is 36.5 Å². The third-order valence-corrected chi connectivity index (χ3v) is 4.79. The summed E-state index contributed by atoms with van der Waals surface area (Å²) in [5.41, 5.74) is 1.23. The number of unbranched alkanes of at least 4 members (excludes halogenated alkanes) is 1. The standard InChI is InChI=1S/C19H28BrN5.HI/c1-4-21-19(24-15(2)17-9-5-6-10-18(17)20)23-11-7-8-13-25-14-12-22-16(25)3;/h5-6,9-10,12,14-15H,4,7-8,11,13H2,1-3H3,(H2,21,23,24);1H. The molecule has 26 heavy (non-hydrogen) atoms. The average molecular weight is 534 g/mol. The lowest BCUT2D eigenvalue weighted by molar-refractivity contribution is 0.599. The molecule has 0 aliphatic heterocycles. The van der Waals surface area contributed by atoms with E-state index >= 15 is 0 Å². The van der Waals surface area contributed by atoms with Gasteiger partial charge in [-0.15, -0.1) is 24.0 Å². The lowest BCUT2D eigenvalue weighted by atomic mass is 10.1. The second-order valence-electron chi connectivity index (χ2n) is 6.02. The number of imidazole rings is 1. The zero-order valence-corrected chi connectivity index (χ0v) is 19.6. The van der Waals surface area contributed by atoms with Crippen LogP contribution in [0.3, 0.4) is 0 Å². The number of nitrogens with one attached hydrogen (secondary N) is 2. The molecular weight excluding hydrogens is 505 g/mol.